The second-order valence-electron chi connectivity index (χ2n) is 2.69. The summed E-state index contributed by atoms with van der Waals surface area (Å²) in [5.74, 6) is -3.31. The summed E-state index contributed by atoms with van der Waals surface area (Å²) in [6, 6.07) is 1.12. The normalized spacial score (nSPS) is 11.6. The fraction of sp³-hybridized carbons (Fsp3) is 0.250. The molecule has 0 saturated heterocycles. The van der Waals surface area contributed by atoms with E-state index in [2.05, 4.69) is 10.9 Å². The van der Waals surface area contributed by atoms with Crippen molar-refractivity contribution in [3.63, 3.8) is 0 Å². The maximum atomic E-state index is 12.9. The molecule has 0 radical (unpaired) electrons. The third-order valence-electron chi connectivity index (χ3n) is 1.59. The van der Waals surface area contributed by atoms with Crippen LogP contribution in [0.3, 0.4) is 0 Å². The smallest absolute Gasteiger partial charge is 0.322 e. The Labute approximate surface area is 82.1 Å². The van der Waals surface area contributed by atoms with Crippen molar-refractivity contribution in [1.29, 1.82) is 0 Å². The molecule has 0 amide bonds. The Morgan fingerprint density at radius 1 is 1.07 bits per heavy atom. The van der Waals surface area contributed by atoms with Crippen LogP contribution < -0.4 is 10.9 Å². The maximum Gasteiger partial charge on any atom is 0.422 e. The maximum absolute atomic E-state index is 12.9. The van der Waals surface area contributed by atoms with Crippen molar-refractivity contribution >= 4 is 5.69 Å². The Hall–Kier alpha value is -1.37. The van der Waals surface area contributed by atoms with Crippen molar-refractivity contribution in [2.75, 3.05) is 12.5 Å². The summed E-state index contributed by atoms with van der Waals surface area (Å²) in [5.41, 5.74) is 2.59. The molecule has 7 heteroatoms. The molecule has 0 heterocycles. The molecular weight excluding hydrogens is 219 g/mol. The minimum absolute atomic E-state index is 0.125. The van der Waals surface area contributed by atoms with E-state index in [1.807, 2.05) is 0 Å². The van der Waals surface area contributed by atoms with Gasteiger partial charge in [0.2, 0.25) is 0 Å². The molecule has 0 aliphatic carbocycles. The summed E-state index contributed by atoms with van der Waals surface area (Å²) < 4.78 is 62.1. The van der Waals surface area contributed by atoms with E-state index in [1.165, 1.54) is 7.05 Å². The van der Waals surface area contributed by atoms with E-state index < -0.39 is 23.4 Å². The van der Waals surface area contributed by atoms with Gasteiger partial charge in [0.05, 0.1) is 5.69 Å². The van der Waals surface area contributed by atoms with Gasteiger partial charge in [-0.25, -0.2) is 14.2 Å². The second-order valence-corrected chi connectivity index (χ2v) is 2.69. The molecule has 2 N–H and O–H groups in total. The van der Waals surface area contributed by atoms with Crippen LogP contribution in [-0.2, 0) is 6.18 Å². The Kier molecular flexibility index (Phi) is 3.13. The lowest BCUT2D eigenvalue weighted by Gasteiger charge is -2.11. The average Bonchev–Trinajstić information content (AvgIpc) is 1.99. The zero-order valence-electron chi connectivity index (χ0n) is 7.54. The van der Waals surface area contributed by atoms with Crippen LogP contribution in [0.25, 0.3) is 0 Å². The number of hydrazine groups is 1. The van der Waals surface area contributed by atoms with E-state index in [0.717, 1.165) is 0 Å². The van der Waals surface area contributed by atoms with Crippen LogP contribution in [0.4, 0.5) is 27.6 Å². The second kappa shape index (κ2) is 4.01. The highest BCUT2D eigenvalue weighted by Gasteiger charge is 2.37. The molecule has 0 aliphatic heterocycles. The van der Waals surface area contributed by atoms with Crippen LogP contribution in [0, 0.1) is 11.6 Å². The minimum atomic E-state index is -5.04. The van der Waals surface area contributed by atoms with Gasteiger partial charge in [0.15, 0.2) is 0 Å². The standard InChI is InChI=1S/C8H7F5N2/c1-14-15-4-2-5(9)7(6(10)3-4)8(11,12)13/h2-3,14-15H,1H3. The first-order valence-corrected chi connectivity index (χ1v) is 3.85. The summed E-state index contributed by atoms with van der Waals surface area (Å²) in [5, 5.41) is 0. The van der Waals surface area contributed by atoms with Gasteiger partial charge in [-0.15, -0.1) is 0 Å². The fourth-order valence-corrected chi connectivity index (χ4v) is 1.06. The van der Waals surface area contributed by atoms with Gasteiger partial charge in [-0.3, -0.25) is 0 Å². The van der Waals surface area contributed by atoms with E-state index in [-0.39, 0.29) is 5.69 Å². The number of hydrogen-bond acceptors (Lipinski definition) is 2. The Morgan fingerprint density at radius 2 is 1.53 bits per heavy atom. The predicted molar refractivity (Wildman–Crippen MR) is 44.0 cm³/mol. The Balaban J connectivity index is 3.22. The van der Waals surface area contributed by atoms with E-state index >= 15 is 0 Å². The number of nitrogens with one attached hydrogen (secondary N) is 2. The van der Waals surface area contributed by atoms with Gasteiger partial charge in [-0.2, -0.15) is 13.2 Å². The van der Waals surface area contributed by atoms with E-state index in [0.29, 0.717) is 12.1 Å². The topological polar surface area (TPSA) is 24.1 Å². The van der Waals surface area contributed by atoms with Crippen molar-refractivity contribution in [2.45, 2.75) is 6.18 Å². The third-order valence-corrected chi connectivity index (χ3v) is 1.59. The highest BCUT2D eigenvalue weighted by molar-refractivity contribution is 5.45. The molecule has 1 rings (SSSR count). The fourth-order valence-electron chi connectivity index (χ4n) is 1.06. The van der Waals surface area contributed by atoms with Crippen LogP contribution >= 0.6 is 0 Å². The van der Waals surface area contributed by atoms with Crippen LogP contribution in [0.1, 0.15) is 5.56 Å². The van der Waals surface area contributed by atoms with Gasteiger partial charge >= 0.3 is 6.18 Å². The van der Waals surface area contributed by atoms with E-state index in [4.69, 9.17) is 0 Å². The molecule has 2 nitrogen and oxygen atoms in total. The van der Waals surface area contributed by atoms with Crippen LogP contribution in [0.15, 0.2) is 12.1 Å². The number of hydrogen-bond donors (Lipinski definition) is 2. The lowest BCUT2D eigenvalue weighted by atomic mass is 10.1. The van der Waals surface area contributed by atoms with E-state index in [1.54, 1.807) is 0 Å². The number of anilines is 1. The van der Waals surface area contributed by atoms with E-state index in [9.17, 15) is 22.0 Å². The monoisotopic (exact) mass is 226 g/mol. The molecule has 15 heavy (non-hydrogen) atoms. The van der Waals surface area contributed by atoms with Gasteiger partial charge < -0.3 is 5.43 Å². The molecule has 84 valence electrons. The van der Waals surface area contributed by atoms with Gasteiger partial charge in [-0.05, 0) is 12.1 Å². The average molecular weight is 226 g/mol. The first-order valence-electron chi connectivity index (χ1n) is 3.85. The molecular formula is C8H7F5N2. The Morgan fingerprint density at radius 3 is 1.87 bits per heavy atom. The zero-order chi connectivity index (χ0) is 11.6. The molecule has 0 bridgehead atoms. The molecule has 1 aromatic rings. The van der Waals surface area contributed by atoms with Crippen LogP contribution in [0.5, 0.6) is 0 Å². The minimum Gasteiger partial charge on any atom is -0.322 e. The van der Waals surface area contributed by atoms with Crippen molar-refractivity contribution in [3.05, 3.63) is 29.3 Å². The summed E-state index contributed by atoms with van der Waals surface area (Å²) in [7, 11) is 1.41. The molecule has 0 fully saturated rings. The van der Waals surface area contributed by atoms with Crippen molar-refractivity contribution < 1.29 is 22.0 Å². The molecule has 0 atom stereocenters. The van der Waals surface area contributed by atoms with Crippen molar-refractivity contribution in [1.82, 2.24) is 5.43 Å². The number of halogens is 5. The Bertz CT molecular complexity index is 338. The lowest BCUT2D eigenvalue weighted by Crippen LogP contribution is -2.17. The number of alkyl halides is 3. The molecule has 0 spiro atoms. The summed E-state index contributed by atoms with van der Waals surface area (Å²) in [6.45, 7) is 0. The largest absolute Gasteiger partial charge is 0.422 e. The summed E-state index contributed by atoms with van der Waals surface area (Å²) in [4.78, 5) is 0. The number of benzene rings is 1. The van der Waals surface area contributed by atoms with Gasteiger partial charge in [-0.1, -0.05) is 0 Å². The summed E-state index contributed by atoms with van der Waals surface area (Å²) >= 11 is 0. The van der Waals surface area contributed by atoms with Crippen molar-refractivity contribution in [2.24, 2.45) is 0 Å². The molecule has 0 unspecified atom stereocenters. The first-order chi connectivity index (χ1) is 6.86. The van der Waals surface area contributed by atoms with Gasteiger partial charge in [0, 0.05) is 7.05 Å². The molecule has 0 aromatic heterocycles. The van der Waals surface area contributed by atoms with Crippen LogP contribution in [-0.4, -0.2) is 7.05 Å². The lowest BCUT2D eigenvalue weighted by molar-refractivity contribution is -0.142. The SMILES string of the molecule is CNNc1cc(F)c(C(F)(F)F)c(F)c1. The predicted octanol–water partition coefficient (Wildman–Crippen LogP) is 2.53. The first kappa shape index (κ1) is 11.7. The quantitative estimate of drug-likeness (QED) is 0.598. The molecule has 1 aromatic carbocycles. The third kappa shape index (κ3) is 2.56. The van der Waals surface area contributed by atoms with Gasteiger partial charge in [0.1, 0.15) is 17.2 Å². The zero-order valence-corrected chi connectivity index (χ0v) is 7.54. The number of rotatable bonds is 2. The molecule has 0 aliphatic rings. The van der Waals surface area contributed by atoms with Crippen molar-refractivity contribution in [3.8, 4) is 0 Å². The molecule has 0 saturated carbocycles. The summed E-state index contributed by atoms with van der Waals surface area (Å²) in [6.07, 6.45) is -5.04. The van der Waals surface area contributed by atoms with Crippen LogP contribution in [0.2, 0.25) is 0 Å². The highest BCUT2D eigenvalue weighted by atomic mass is 19.4. The highest BCUT2D eigenvalue weighted by Crippen LogP contribution is 2.34. The van der Waals surface area contributed by atoms with Gasteiger partial charge in [0.25, 0.3) is 0 Å².